The largest absolute Gasteiger partial charge is 0.452 e. The number of rotatable bonds is 3. The molecule has 5 nitrogen and oxygen atoms in total. The maximum Gasteiger partial charge on any atom is 0.340 e. The maximum atomic E-state index is 12.3. The fourth-order valence-corrected chi connectivity index (χ4v) is 2.81. The SMILES string of the molecule is O=C(OCC(=O)N1CCc2ccccc2C1)c1cnc(Cl)c(Cl)c1. The van der Waals surface area contributed by atoms with E-state index >= 15 is 0 Å². The molecule has 7 heteroatoms. The van der Waals surface area contributed by atoms with Gasteiger partial charge < -0.3 is 9.64 Å². The molecule has 0 aliphatic carbocycles. The molecule has 0 bridgehead atoms. The summed E-state index contributed by atoms with van der Waals surface area (Å²) in [7, 11) is 0. The van der Waals surface area contributed by atoms with Crippen LogP contribution in [0.1, 0.15) is 21.5 Å². The molecule has 0 radical (unpaired) electrons. The Morgan fingerprint density at radius 3 is 2.71 bits per heavy atom. The molecule has 3 rings (SSSR count). The van der Waals surface area contributed by atoms with E-state index in [1.165, 1.54) is 17.8 Å². The van der Waals surface area contributed by atoms with E-state index in [0.29, 0.717) is 13.1 Å². The second kappa shape index (κ2) is 7.20. The summed E-state index contributed by atoms with van der Waals surface area (Å²) in [5.41, 5.74) is 2.53. The Kier molecular flexibility index (Phi) is 5.02. The van der Waals surface area contributed by atoms with E-state index in [2.05, 4.69) is 11.1 Å². The normalized spacial score (nSPS) is 13.3. The molecule has 0 saturated heterocycles. The summed E-state index contributed by atoms with van der Waals surface area (Å²) in [6.45, 7) is 0.823. The van der Waals surface area contributed by atoms with Crippen molar-refractivity contribution in [3.63, 3.8) is 0 Å². The van der Waals surface area contributed by atoms with Gasteiger partial charge in [0.2, 0.25) is 0 Å². The molecule has 124 valence electrons. The molecule has 0 atom stereocenters. The third-order valence-corrected chi connectivity index (χ3v) is 4.53. The van der Waals surface area contributed by atoms with Gasteiger partial charge in [-0.3, -0.25) is 4.79 Å². The molecule has 0 N–H and O–H groups in total. The molecule has 1 amide bonds. The van der Waals surface area contributed by atoms with Gasteiger partial charge in [0.1, 0.15) is 5.15 Å². The minimum absolute atomic E-state index is 0.108. The number of amides is 1. The Hall–Kier alpha value is -2.11. The fourth-order valence-electron chi connectivity index (χ4n) is 2.54. The molecule has 0 saturated carbocycles. The van der Waals surface area contributed by atoms with Gasteiger partial charge in [0, 0.05) is 19.3 Å². The summed E-state index contributed by atoms with van der Waals surface area (Å²) >= 11 is 11.5. The molecular weight excluding hydrogens is 351 g/mol. The van der Waals surface area contributed by atoms with Crippen molar-refractivity contribution in [1.29, 1.82) is 0 Å². The summed E-state index contributed by atoms with van der Waals surface area (Å²) in [6, 6.07) is 9.37. The van der Waals surface area contributed by atoms with Crippen LogP contribution in [0.15, 0.2) is 36.5 Å². The van der Waals surface area contributed by atoms with Gasteiger partial charge in [-0.15, -0.1) is 0 Å². The Labute approximate surface area is 149 Å². The third kappa shape index (κ3) is 3.68. The summed E-state index contributed by atoms with van der Waals surface area (Å²) < 4.78 is 5.05. The lowest BCUT2D eigenvalue weighted by molar-refractivity contribution is -0.135. The van der Waals surface area contributed by atoms with Gasteiger partial charge >= 0.3 is 5.97 Å². The van der Waals surface area contributed by atoms with Crippen LogP contribution in [0.5, 0.6) is 0 Å². The quantitative estimate of drug-likeness (QED) is 0.620. The van der Waals surface area contributed by atoms with E-state index in [4.69, 9.17) is 27.9 Å². The molecule has 1 aliphatic rings. The zero-order valence-corrected chi connectivity index (χ0v) is 14.2. The van der Waals surface area contributed by atoms with Crippen molar-refractivity contribution in [1.82, 2.24) is 9.88 Å². The predicted octanol–water partition coefficient (Wildman–Crippen LogP) is 3.13. The van der Waals surface area contributed by atoms with Crippen molar-refractivity contribution >= 4 is 35.1 Å². The molecule has 1 aliphatic heterocycles. The van der Waals surface area contributed by atoms with Crippen molar-refractivity contribution in [2.45, 2.75) is 13.0 Å². The minimum Gasteiger partial charge on any atom is -0.452 e. The number of hydrogen-bond donors (Lipinski definition) is 0. The molecule has 2 heterocycles. The first-order chi connectivity index (χ1) is 11.5. The number of ether oxygens (including phenoxy) is 1. The van der Waals surface area contributed by atoms with Crippen molar-refractivity contribution in [2.75, 3.05) is 13.2 Å². The molecule has 0 unspecified atom stereocenters. The molecule has 0 fully saturated rings. The lowest BCUT2D eigenvalue weighted by Gasteiger charge is -2.28. The number of hydrogen-bond acceptors (Lipinski definition) is 4. The van der Waals surface area contributed by atoms with Gasteiger partial charge in [-0.2, -0.15) is 0 Å². The number of halogens is 2. The average molecular weight is 365 g/mol. The van der Waals surface area contributed by atoms with Gasteiger partial charge in [-0.25, -0.2) is 9.78 Å². The Morgan fingerprint density at radius 1 is 1.21 bits per heavy atom. The number of pyridine rings is 1. The lowest BCUT2D eigenvalue weighted by atomic mass is 10.00. The molecule has 24 heavy (non-hydrogen) atoms. The number of carbonyl (C=O) groups excluding carboxylic acids is 2. The summed E-state index contributed by atoms with van der Waals surface area (Å²) in [6.07, 6.45) is 2.06. The highest BCUT2D eigenvalue weighted by molar-refractivity contribution is 6.41. The van der Waals surface area contributed by atoms with Gasteiger partial charge in [-0.1, -0.05) is 47.5 Å². The van der Waals surface area contributed by atoms with E-state index < -0.39 is 5.97 Å². The first-order valence-electron chi connectivity index (χ1n) is 7.37. The van der Waals surface area contributed by atoms with Crippen LogP contribution in [-0.2, 0) is 22.5 Å². The zero-order valence-electron chi connectivity index (χ0n) is 12.7. The number of esters is 1. The molecule has 1 aromatic heterocycles. The van der Waals surface area contributed by atoms with Crippen LogP contribution in [0.3, 0.4) is 0 Å². The van der Waals surface area contributed by atoms with E-state index in [0.717, 1.165) is 12.0 Å². The number of carbonyl (C=O) groups is 2. The number of fused-ring (bicyclic) bond motifs is 1. The molecule has 1 aromatic carbocycles. The highest BCUT2D eigenvalue weighted by Gasteiger charge is 2.21. The van der Waals surface area contributed by atoms with E-state index in [1.54, 1.807) is 4.90 Å². The standard InChI is InChI=1S/C17H14Cl2N2O3/c18-14-7-13(8-20-16(14)19)17(23)24-10-15(22)21-6-5-11-3-1-2-4-12(11)9-21/h1-4,7-8H,5-6,9-10H2. The first kappa shape index (κ1) is 16.7. The van der Waals surface area contributed by atoms with Gasteiger partial charge in [0.25, 0.3) is 5.91 Å². The number of nitrogens with zero attached hydrogens (tertiary/aromatic N) is 2. The monoisotopic (exact) mass is 364 g/mol. The van der Waals surface area contributed by atoms with Crippen molar-refractivity contribution < 1.29 is 14.3 Å². The summed E-state index contributed by atoms with van der Waals surface area (Å²) in [5, 5.41) is 0.265. The van der Waals surface area contributed by atoms with Gasteiger partial charge in [0.05, 0.1) is 10.6 Å². The van der Waals surface area contributed by atoms with Crippen LogP contribution in [0.25, 0.3) is 0 Å². The Bertz CT molecular complexity index is 795. The smallest absolute Gasteiger partial charge is 0.340 e. The summed E-state index contributed by atoms with van der Waals surface area (Å²) in [4.78, 5) is 29.7. The predicted molar refractivity (Wildman–Crippen MR) is 90.1 cm³/mol. The second-order valence-corrected chi connectivity index (χ2v) is 6.17. The summed E-state index contributed by atoms with van der Waals surface area (Å²) in [5.74, 6) is -0.891. The van der Waals surface area contributed by atoms with E-state index in [9.17, 15) is 9.59 Å². The van der Waals surface area contributed by atoms with E-state index in [1.807, 2.05) is 18.2 Å². The fraction of sp³-hybridized carbons (Fsp3) is 0.235. The maximum absolute atomic E-state index is 12.3. The highest BCUT2D eigenvalue weighted by atomic mass is 35.5. The topological polar surface area (TPSA) is 59.5 Å². The van der Waals surface area contributed by atoms with Crippen molar-refractivity contribution in [3.8, 4) is 0 Å². The van der Waals surface area contributed by atoms with Crippen LogP contribution in [0.2, 0.25) is 10.2 Å². The van der Waals surface area contributed by atoms with Gasteiger partial charge in [0.15, 0.2) is 6.61 Å². The highest BCUT2D eigenvalue weighted by Crippen LogP contribution is 2.21. The third-order valence-electron chi connectivity index (χ3n) is 3.84. The number of aromatic nitrogens is 1. The minimum atomic E-state index is -0.660. The molecule has 0 spiro atoms. The van der Waals surface area contributed by atoms with Crippen LogP contribution in [0, 0.1) is 0 Å². The Balaban J connectivity index is 1.58. The van der Waals surface area contributed by atoms with Crippen molar-refractivity contribution in [2.24, 2.45) is 0 Å². The first-order valence-corrected chi connectivity index (χ1v) is 8.13. The van der Waals surface area contributed by atoms with Crippen molar-refractivity contribution in [3.05, 3.63) is 63.4 Å². The lowest BCUT2D eigenvalue weighted by Crippen LogP contribution is -2.38. The van der Waals surface area contributed by atoms with Crippen LogP contribution in [-0.4, -0.2) is 34.9 Å². The van der Waals surface area contributed by atoms with Gasteiger partial charge in [-0.05, 0) is 23.6 Å². The number of benzene rings is 1. The average Bonchev–Trinajstić information content (AvgIpc) is 2.61. The molecular formula is C17H14Cl2N2O3. The molecule has 2 aromatic rings. The second-order valence-electron chi connectivity index (χ2n) is 5.41. The van der Waals surface area contributed by atoms with Crippen LogP contribution in [0.4, 0.5) is 0 Å². The van der Waals surface area contributed by atoms with Crippen LogP contribution < -0.4 is 0 Å². The zero-order chi connectivity index (χ0) is 17.1. The van der Waals surface area contributed by atoms with Crippen LogP contribution >= 0.6 is 23.2 Å². The van der Waals surface area contributed by atoms with E-state index in [-0.39, 0.29) is 28.3 Å². The Morgan fingerprint density at radius 2 is 1.96 bits per heavy atom.